The molecule has 0 aliphatic heterocycles. The SMILES string of the molecule is O=C(O)c1csc(-c2c[nH]cn2)c1. The molecule has 0 atom stereocenters. The molecule has 5 heteroatoms. The van der Waals surface area contributed by atoms with E-state index < -0.39 is 5.97 Å². The fourth-order valence-electron chi connectivity index (χ4n) is 0.978. The summed E-state index contributed by atoms with van der Waals surface area (Å²) in [5.74, 6) is -0.905. The molecular weight excluding hydrogens is 188 g/mol. The van der Waals surface area contributed by atoms with Crippen molar-refractivity contribution in [3.63, 3.8) is 0 Å². The zero-order valence-corrected chi connectivity index (χ0v) is 7.34. The molecule has 0 aliphatic carbocycles. The van der Waals surface area contributed by atoms with Crippen molar-refractivity contribution in [1.82, 2.24) is 9.97 Å². The average Bonchev–Trinajstić information content (AvgIpc) is 2.75. The fraction of sp³-hybridized carbons (Fsp3) is 0. The highest BCUT2D eigenvalue weighted by molar-refractivity contribution is 7.13. The van der Waals surface area contributed by atoms with Gasteiger partial charge < -0.3 is 10.1 Å². The number of H-pyrrole nitrogens is 1. The van der Waals surface area contributed by atoms with Crippen molar-refractivity contribution in [3.05, 3.63) is 29.5 Å². The highest BCUT2D eigenvalue weighted by atomic mass is 32.1. The second kappa shape index (κ2) is 3.02. The summed E-state index contributed by atoms with van der Waals surface area (Å²) in [6.45, 7) is 0. The Hall–Kier alpha value is -1.62. The van der Waals surface area contributed by atoms with E-state index >= 15 is 0 Å². The van der Waals surface area contributed by atoms with Gasteiger partial charge in [0.2, 0.25) is 0 Å². The maximum atomic E-state index is 10.6. The minimum absolute atomic E-state index is 0.308. The van der Waals surface area contributed by atoms with E-state index in [1.165, 1.54) is 11.3 Å². The van der Waals surface area contributed by atoms with Crippen molar-refractivity contribution in [2.45, 2.75) is 0 Å². The van der Waals surface area contributed by atoms with Gasteiger partial charge in [-0.1, -0.05) is 0 Å². The summed E-state index contributed by atoms with van der Waals surface area (Å²) in [5, 5.41) is 10.3. The summed E-state index contributed by atoms with van der Waals surface area (Å²) in [4.78, 5) is 18.3. The lowest BCUT2D eigenvalue weighted by atomic mass is 10.3. The first-order valence-electron chi connectivity index (χ1n) is 3.58. The van der Waals surface area contributed by atoms with Crippen LogP contribution in [0.25, 0.3) is 10.6 Å². The van der Waals surface area contributed by atoms with E-state index in [9.17, 15) is 4.79 Å². The summed E-state index contributed by atoms with van der Waals surface area (Å²) < 4.78 is 0. The third kappa shape index (κ3) is 1.46. The van der Waals surface area contributed by atoms with Crippen molar-refractivity contribution in [2.75, 3.05) is 0 Å². The minimum Gasteiger partial charge on any atom is -0.478 e. The van der Waals surface area contributed by atoms with Gasteiger partial charge >= 0.3 is 5.97 Å². The van der Waals surface area contributed by atoms with Gasteiger partial charge in [-0.05, 0) is 6.07 Å². The van der Waals surface area contributed by atoms with Crippen LogP contribution < -0.4 is 0 Å². The molecule has 0 aromatic carbocycles. The lowest BCUT2D eigenvalue weighted by Gasteiger charge is -1.85. The fourth-order valence-corrected chi connectivity index (χ4v) is 1.83. The van der Waals surface area contributed by atoms with Crippen molar-refractivity contribution < 1.29 is 9.90 Å². The lowest BCUT2D eigenvalue weighted by molar-refractivity contribution is 0.0697. The van der Waals surface area contributed by atoms with Crippen LogP contribution in [-0.2, 0) is 0 Å². The van der Waals surface area contributed by atoms with Gasteiger partial charge in [-0.3, -0.25) is 0 Å². The summed E-state index contributed by atoms with van der Waals surface area (Å²) >= 11 is 1.37. The number of carbonyl (C=O) groups is 1. The van der Waals surface area contributed by atoms with Gasteiger partial charge in [-0.15, -0.1) is 11.3 Å². The van der Waals surface area contributed by atoms with Gasteiger partial charge in [-0.2, -0.15) is 0 Å². The molecule has 4 nitrogen and oxygen atoms in total. The highest BCUT2D eigenvalue weighted by Crippen LogP contribution is 2.24. The Morgan fingerprint density at radius 2 is 2.46 bits per heavy atom. The largest absolute Gasteiger partial charge is 0.478 e. The van der Waals surface area contributed by atoms with Crippen LogP contribution in [0.4, 0.5) is 0 Å². The van der Waals surface area contributed by atoms with Crippen LogP contribution in [-0.4, -0.2) is 21.0 Å². The van der Waals surface area contributed by atoms with Gasteiger partial charge in [0.1, 0.15) is 0 Å². The maximum Gasteiger partial charge on any atom is 0.336 e. The number of hydrogen-bond acceptors (Lipinski definition) is 3. The zero-order valence-electron chi connectivity index (χ0n) is 6.52. The summed E-state index contributed by atoms with van der Waals surface area (Å²) in [7, 11) is 0. The van der Waals surface area contributed by atoms with E-state index in [0.29, 0.717) is 5.56 Å². The zero-order chi connectivity index (χ0) is 9.26. The Morgan fingerprint density at radius 3 is 3.00 bits per heavy atom. The molecule has 0 radical (unpaired) electrons. The first kappa shape index (κ1) is 8.00. The normalized spacial score (nSPS) is 10.2. The monoisotopic (exact) mass is 194 g/mol. The molecule has 0 fully saturated rings. The Labute approximate surface area is 77.9 Å². The van der Waals surface area contributed by atoms with Crippen LogP contribution in [0.5, 0.6) is 0 Å². The number of hydrogen-bond donors (Lipinski definition) is 2. The number of imidazole rings is 1. The Morgan fingerprint density at radius 1 is 1.62 bits per heavy atom. The average molecular weight is 194 g/mol. The Bertz CT molecular complexity index is 419. The van der Waals surface area contributed by atoms with Crippen LogP contribution in [0.15, 0.2) is 24.0 Å². The molecule has 0 amide bonds. The molecule has 13 heavy (non-hydrogen) atoms. The lowest BCUT2D eigenvalue weighted by Crippen LogP contribution is -1.91. The maximum absolute atomic E-state index is 10.6. The smallest absolute Gasteiger partial charge is 0.336 e. The number of aromatic nitrogens is 2. The molecule has 0 unspecified atom stereocenters. The molecule has 66 valence electrons. The standard InChI is InChI=1S/C8H6N2O2S/c11-8(12)5-1-7(13-3-5)6-2-9-4-10-6/h1-4H,(H,9,10)(H,11,12). The van der Waals surface area contributed by atoms with Crippen molar-refractivity contribution in [3.8, 4) is 10.6 Å². The number of carboxylic acid groups (broad SMARTS) is 1. The first-order valence-corrected chi connectivity index (χ1v) is 4.46. The number of nitrogens with one attached hydrogen (secondary N) is 1. The van der Waals surface area contributed by atoms with Crippen LogP contribution in [0.3, 0.4) is 0 Å². The van der Waals surface area contributed by atoms with Gasteiger partial charge in [-0.25, -0.2) is 9.78 Å². The number of carboxylic acids is 1. The summed E-state index contributed by atoms with van der Waals surface area (Å²) in [6, 6.07) is 1.61. The summed E-state index contributed by atoms with van der Waals surface area (Å²) in [6.07, 6.45) is 3.30. The van der Waals surface area contributed by atoms with E-state index in [4.69, 9.17) is 5.11 Å². The molecule has 0 saturated heterocycles. The van der Waals surface area contributed by atoms with E-state index in [2.05, 4.69) is 9.97 Å². The van der Waals surface area contributed by atoms with Gasteiger partial charge in [0.05, 0.1) is 22.5 Å². The topological polar surface area (TPSA) is 66.0 Å². The molecule has 2 heterocycles. The van der Waals surface area contributed by atoms with Crippen LogP contribution in [0.1, 0.15) is 10.4 Å². The third-order valence-electron chi connectivity index (χ3n) is 1.60. The molecule has 0 spiro atoms. The molecule has 0 bridgehead atoms. The first-order chi connectivity index (χ1) is 6.27. The number of thiophene rings is 1. The third-order valence-corrected chi connectivity index (χ3v) is 2.55. The van der Waals surface area contributed by atoms with E-state index in [1.807, 2.05) is 0 Å². The second-order valence-electron chi connectivity index (χ2n) is 2.46. The molecule has 2 N–H and O–H groups in total. The van der Waals surface area contributed by atoms with E-state index in [1.54, 1.807) is 24.0 Å². The quantitative estimate of drug-likeness (QED) is 0.766. The molecule has 0 saturated carbocycles. The predicted octanol–water partition coefficient (Wildman–Crippen LogP) is 1.84. The van der Waals surface area contributed by atoms with Crippen LogP contribution in [0, 0.1) is 0 Å². The summed E-state index contributed by atoms with van der Waals surface area (Å²) in [5.41, 5.74) is 1.08. The number of aromatic carboxylic acids is 1. The highest BCUT2D eigenvalue weighted by Gasteiger charge is 2.08. The van der Waals surface area contributed by atoms with Crippen molar-refractivity contribution >= 4 is 17.3 Å². The predicted molar refractivity (Wildman–Crippen MR) is 48.9 cm³/mol. The van der Waals surface area contributed by atoms with Crippen molar-refractivity contribution in [2.24, 2.45) is 0 Å². The number of rotatable bonds is 2. The van der Waals surface area contributed by atoms with Gasteiger partial charge in [0.25, 0.3) is 0 Å². The van der Waals surface area contributed by atoms with Crippen molar-refractivity contribution in [1.29, 1.82) is 0 Å². The molecule has 0 aliphatic rings. The van der Waals surface area contributed by atoms with Crippen LogP contribution in [0.2, 0.25) is 0 Å². The Kier molecular flexibility index (Phi) is 1.86. The van der Waals surface area contributed by atoms with Gasteiger partial charge in [0.15, 0.2) is 0 Å². The molecule has 2 aromatic heterocycles. The van der Waals surface area contributed by atoms with E-state index in [-0.39, 0.29) is 0 Å². The second-order valence-corrected chi connectivity index (χ2v) is 3.37. The molecular formula is C8H6N2O2S. The van der Waals surface area contributed by atoms with E-state index in [0.717, 1.165) is 10.6 Å². The van der Waals surface area contributed by atoms with Gasteiger partial charge in [0, 0.05) is 11.6 Å². The minimum atomic E-state index is -0.905. The number of nitrogens with zero attached hydrogens (tertiary/aromatic N) is 1. The molecule has 2 aromatic rings. The molecule has 2 rings (SSSR count). The van der Waals surface area contributed by atoms with Crippen LogP contribution >= 0.6 is 11.3 Å². The Balaban J connectivity index is 2.39. The number of aromatic amines is 1.